The lowest BCUT2D eigenvalue weighted by Crippen LogP contribution is -2.13. The number of nitrogens with zero attached hydrogens (tertiary/aromatic N) is 2. The highest BCUT2D eigenvalue weighted by Crippen LogP contribution is 2.33. The molecule has 3 rings (SSSR count). The van der Waals surface area contributed by atoms with Crippen molar-refractivity contribution in [2.75, 3.05) is 12.8 Å². The van der Waals surface area contributed by atoms with E-state index in [4.69, 9.17) is 22.1 Å². The van der Waals surface area contributed by atoms with E-state index in [9.17, 15) is 15.2 Å². The molecule has 0 spiro atoms. The Morgan fingerprint density at radius 2 is 2.00 bits per heavy atom. The molecule has 136 valence electrons. The molecule has 0 saturated carbocycles. The van der Waals surface area contributed by atoms with Crippen LogP contribution in [0.25, 0.3) is 5.69 Å². The molecule has 3 aromatic rings. The standard InChI is InChI=1S/C20H16ClN3O3/c1-27-20(26)18-17(23)13(10-22)11-24(18)16-9-14(21)7-8-15(16)19(25)12-5-3-2-4-6-12/h2-9,11,19,25H,23H2,1H3. The van der Waals surface area contributed by atoms with Crippen molar-refractivity contribution in [2.45, 2.75) is 6.10 Å². The average molecular weight is 382 g/mol. The Balaban J connectivity index is 2.26. The third kappa shape index (κ3) is 3.38. The Kier molecular flexibility index (Phi) is 5.17. The van der Waals surface area contributed by atoms with Gasteiger partial charge in [-0.2, -0.15) is 5.26 Å². The number of ether oxygens (including phenoxy) is 1. The summed E-state index contributed by atoms with van der Waals surface area (Å²) in [6, 6.07) is 15.9. The molecule has 0 bridgehead atoms. The van der Waals surface area contributed by atoms with Gasteiger partial charge in [-0.3, -0.25) is 0 Å². The van der Waals surface area contributed by atoms with Gasteiger partial charge in [-0.15, -0.1) is 0 Å². The van der Waals surface area contributed by atoms with Crippen molar-refractivity contribution in [3.05, 3.63) is 82.1 Å². The fourth-order valence-electron chi connectivity index (χ4n) is 2.88. The Hall–Kier alpha value is -3.27. The van der Waals surface area contributed by atoms with E-state index < -0.39 is 12.1 Å². The number of methoxy groups -OCH3 is 1. The second-order valence-electron chi connectivity index (χ2n) is 5.79. The number of nitrogen functional groups attached to an aromatic ring is 1. The number of aliphatic hydroxyl groups is 1. The van der Waals surface area contributed by atoms with Gasteiger partial charge < -0.3 is 20.1 Å². The quantitative estimate of drug-likeness (QED) is 0.674. The predicted octanol–water partition coefficient (Wildman–Crippen LogP) is 3.45. The Morgan fingerprint density at radius 1 is 1.30 bits per heavy atom. The number of anilines is 1. The van der Waals surface area contributed by atoms with Crippen molar-refractivity contribution in [3.63, 3.8) is 0 Å². The first-order valence-corrected chi connectivity index (χ1v) is 8.37. The molecule has 0 aliphatic heterocycles. The number of aliphatic hydroxyl groups excluding tert-OH is 1. The molecule has 0 fully saturated rings. The first-order chi connectivity index (χ1) is 13.0. The van der Waals surface area contributed by atoms with Crippen LogP contribution in [0, 0.1) is 11.3 Å². The zero-order valence-electron chi connectivity index (χ0n) is 14.4. The third-order valence-corrected chi connectivity index (χ3v) is 4.44. The van der Waals surface area contributed by atoms with E-state index in [0.717, 1.165) is 0 Å². The number of hydrogen-bond acceptors (Lipinski definition) is 5. The summed E-state index contributed by atoms with van der Waals surface area (Å²) in [5.74, 6) is -0.700. The lowest BCUT2D eigenvalue weighted by Gasteiger charge is -2.18. The van der Waals surface area contributed by atoms with Gasteiger partial charge in [-0.05, 0) is 17.7 Å². The summed E-state index contributed by atoms with van der Waals surface area (Å²) in [7, 11) is 1.23. The number of carbonyl (C=O) groups excluding carboxylic acids is 1. The van der Waals surface area contributed by atoms with Gasteiger partial charge in [0.2, 0.25) is 0 Å². The summed E-state index contributed by atoms with van der Waals surface area (Å²) in [5.41, 5.74) is 7.67. The first-order valence-electron chi connectivity index (χ1n) is 8.00. The van der Waals surface area contributed by atoms with Crippen LogP contribution in [0.4, 0.5) is 5.69 Å². The van der Waals surface area contributed by atoms with Crippen LogP contribution < -0.4 is 5.73 Å². The molecule has 0 aliphatic carbocycles. The maximum atomic E-state index is 12.3. The van der Waals surface area contributed by atoms with Crippen molar-refractivity contribution < 1.29 is 14.6 Å². The second kappa shape index (κ2) is 7.54. The van der Waals surface area contributed by atoms with Gasteiger partial charge in [0.15, 0.2) is 5.69 Å². The number of aromatic nitrogens is 1. The van der Waals surface area contributed by atoms with Crippen molar-refractivity contribution in [3.8, 4) is 11.8 Å². The van der Waals surface area contributed by atoms with Gasteiger partial charge in [0, 0.05) is 16.8 Å². The number of hydrogen-bond donors (Lipinski definition) is 2. The maximum absolute atomic E-state index is 12.3. The van der Waals surface area contributed by atoms with Crippen molar-refractivity contribution >= 4 is 23.3 Å². The zero-order chi connectivity index (χ0) is 19.6. The summed E-state index contributed by atoms with van der Waals surface area (Å²) < 4.78 is 6.23. The van der Waals surface area contributed by atoms with E-state index in [0.29, 0.717) is 21.8 Å². The number of halogens is 1. The molecule has 7 heteroatoms. The highest BCUT2D eigenvalue weighted by atomic mass is 35.5. The molecule has 1 heterocycles. The van der Waals surface area contributed by atoms with Crippen LogP contribution in [0.15, 0.2) is 54.7 Å². The zero-order valence-corrected chi connectivity index (χ0v) is 15.1. The van der Waals surface area contributed by atoms with Crippen LogP contribution >= 0.6 is 11.6 Å². The van der Waals surface area contributed by atoms with Crippen LogP contribution in [0.5, 0.6) is 0 Å². The second-order valence-corrected chi connectivity index (χ2v) is 6.23. The minimum atomic E-state index is -0.974. The van der Waals surface area contributed by atoms with Gasteiger partial charge in [0.1, 0.15) is 12.2 Å². The topological polar surface area (TPSA) is 101 Å². The van der Waals surface area contributed by atoms with Crippen LogP contribution in [-0.4, -0.2) is 22.8 Å². The highest BCUT2D eigenvalue weighted by molar-refractivity contribution is 6.30. The Bertz CT molecular complexity index is 1040. The molecular formula is C20H16ClN3O3. The highest BCUT2D eigenvalue weighted by Gasteiger charge is 2.25. The number of nitriles is 1. The lowest BCUT2D eigenvalue weighted by atomic mass is 9.99. The first kappa shape index (κ1) is 18.5. The molecule has 3 N–H and O–H groups in total. The molecular weight excluding hydrogens is 366 g/mol. The normalized spacial score (nSPS) is 11.6. The van der Waals surface area contributed by atoms with E-state index >= 15 is 0 Å². The van der Waals surface area contributed by atoms with Crippen molar-refractivity contribution in [2.24, 2.45) is 0 Å². The molecule has 0 radical (unpaired) electrons. The molecule has 0 saturated heterocycles. The number of nitrogens with two attached hydrogens (primary N) is 1. The molecule has 1 atom stereocenters. The average Bonchev–Trinajstić information content (AvgIpc) is 3.03. The van der Waals surface area contributed by atoms with Crippen molar-refractivity contribution in [1.29, 1.82) is 5.26 Å². The summed E-state index contributed by atoms with van der Waals surface area (Å²) in [6.07, 6.45) is 0.451. The van der Waals surface area contributed by atoms with E-state index in [1.54, 1.807) is 30.3 Å². The monoisotopic (exact) mass is 381 g/mol. The summed E-state index contributed by atoms with van der Waals surface area (Å²) in [6.45, 7) is 0. The van der Waals surface area contributed by atoms with Crippen LogP contribution in [-0.2, 0) is 4.74 Å². The van der Waals surface area contributed by atoms with E-state index in [-0.39, 0.29) is 16.9 Å². The maximum Gasteiger partial charge on any atom is 0.357 e. The van der Waals surface area contributed by atoms with Crippen molar-refractivity contribution in [1.82, 2.24) is 4.57 Å². The molecule has 2 aromatic carbocycles. The summed E-state index contributed by atoms with van der Waals surface area (Å²) in [4.78, 5) is 12.3. The number of carbonyl (C=O) groups is 1. The van der Waals surface area contributed by atoms with E-state index in [1.165, 1.54) is 17.9 Å². The molecule has 6 nitrogen and oxygen atoms in total. The smallest absolute Gasteiger partial charge is 0.357 e. The van der Waals surface area contributed by atoms with Gasteiger partial charge in [0.25, 0.3) is 0 Å². The van der Waals surface area contributed by atoms with E-state index in [1.807, 2.05) is 24.3 Å². The number of benzene rings is 2. The minimum Gasteiger partial charge on any atom is -0.464 e. The fraction of sp³-hybridized carbons (Fsp3) is 0.100. The summed E-state index contributed by atoms with van der Waals surface area (Å²) in [5, 5.41) is 20.6. The molecule has 1 unspecified atom stereocenters. The van der Waals surface area contributed by atoms with Gasteiger partial charge in [0.05, 0.1) is 24.0 Å². The molecule has 0 aliphatic rings. The summed E-state index contributed by atoms with van der Waals surface area (Å²) >= 11 is 6.16. The number of rotatable bonds is 4. The SMILES string of the molecule is COC(=O)c1c(N)c(C#N)cn1-c1cc(Cl)ccc1C(O)c1ccccc1. The Morgan fingerprint density at radius 3 is 2.63 bits per heavy atom. The van der Waals surface area contributed by atoms with Gasteiger partial charge >= 0.3 is 5.97 Å². The Labute approximate surface area is 161 Å². The minimum absolute atomic E-state index is 0.00201. The molecule has 0 amide bonds. The molecule has 1 aromatic heterocycles. The van der Waals surface area contributed by atoms with Gasteiger partial charge in [-0.1, -0.05) is 48.0 Å². The fourth-order valence-corrected chi connectivity index (χ4v) is 3.04. The third-order valence-electron chi connectivity index (χ3n) is 4.21. The molecule has 27 heavy (non-hydrogen) atoms. The van der Waals surface area contributed by atoms with E-state index in [2.05, 4.69) is 0 Å². The number of esters is 1. The van der Waals surface area contributed by atoms with Crippen LogP contribution in [0.3, 0.4) is 0 Å². The van der Waals surface area contributed by atoms with Crippen LogP contribution in [0.1, 0.15) is 33.3 Å². The lowest BCUT2D eigenvalue weighted by molar-refractivity contribution is 0.0593. The van der Waals surface area contributed by atoms with Crippen LogP contribution in [0.2, 0.25) is 5.02 Å². The largest absolute Gasteiger partial charge is 0.464 e. The van der Waals surface area contributed by atoms with Gasteiger partial charge in [-0.25, -0.2) is 4.79 Å². The predicted molar refractivity (Wildman–Crippen MR) is 102 cm³/mol.